The molecule has 0 aliphatic carbocycles. The van der Waals surface area contributed by atoms with Crippen LogP contribution in [0.15, 0.2) is 6.33 Å². The van der Waals surface area contributed by atoms with Gasteiger partial charge in [-0.15, -0.1) is 5.10 Å². The molecule has 0 aliphatic rings. The Balaban J connectivity index is 2.54. The van der Waals surface area contributed by atoms with Crippen LogP contribution in [0.3, 0.4) is 0 Å². The van der Waals surface area contributed by atoms with Gasteiger partial charge >= 0.3 is 0 Å². The Morgan fingerprint density at radius 1 is 1.53 bits per heavy atom. The molecule has 106 valence electrons. The van der Waals surface area contributed by atoms with Crippen molar-refractivity contribution in [3.8, 4) is 0 Å². The summed E-state index contributed by atoms with van der Waals surface area (Å²) in [6, 6.07) is 0.0522. The summed E-state index contributed by atoms with van der Waals surface area (Å²) < 4.78 is 1.35. The van der Waals surface area contributed by atoms with Crippen LogP contribution < -0.4 is 11.1 Å². The van der Waals surface area contributed by atoms with Crippen LogP contribution in [0.2, 0.25) is 0 Å². The standard InChI is InChI=1S/C11H20N6O2/c1-4-16(5-9(18)14-8(2)3)10(19)6-17-7-13-11(12)15-17/h7-8H,4-6H2,1-3H3,(H2,12,15)(H,14,18). The van der Waals surface area contributed by atoms with Gasteiger partial charge in [0.05, 0.1) is 6.54 Å². The van der Waals surface area contributed by atoms with E-state index in [1.807, 2.05) is 20.8 Å². The van der Waals surface area contributed by atoms with Crippen molar-refractivity contribution in [1.29, 1.82) is 0 Å². The second kappa shape index (κ2) is 6.72. The van der Waals surface area contributed by atoms with E-state index in [2.05, 4.69) is 15.4 Å². The van der Waals surface area contributed by atoms with Crippen LogP contribution in [-0.4, -0.2) is 50.6 Å². The number of hydrogen-bond acceptors (Lipinski definition) is 5. The fourth-order valence-electron chi connectivity index (χ4n) is 1.54. The molecule has 0 radical (unpaired) electrons. The first-order valence-corrected chi connectivity index (χ1v) is 6.14. The average Bonchev–Trinajstić information content (AvgIpc) is 2.70. The van der Waals surface area contributed by atoms with Crippen molar-refractivity contribution in [2.75, 3.05) is 18.8 Å². The summed E-state index contributed by atoms with van der Waals surface area (Å²) in [6.45, 7) is 6.07. The molecule has 0 aliphatic heterocycles. The van der Waals surface area contributed by atoms with E-state index in [-0.39, 0.29) is 36.9 Å². The van der Waals surface area contributed by atoms with E-state index < -0.39 is 0 Å². The van der Waals surface area contributed by atoms with Gasteiger partial charge in [-0.3, -0.25) is 9.59 Å². The van der Waals surface area contributed by atoms with E-state index in [9.17, 15) is 9.59 Å². The lowest BCUT2D eigenvalue weighted by atomic mass is 10.3. The number of hydrogen-bond donors (Lipinski definition) is 2. The van der Waals surface area contributed by atoms with Crippen molar-refractivity contribution in [3.63, 3.8) is 0 Å². The van der Waals surface area contributed by atoms with Crippen molar-refractivity contribution in [3.05, 3.63) is 6.33 Å². The molecule has 0 fully saturated rings. The minimum atomic E-state index is -0.202. The Morgan fingerprint density at radius 2 is 2.21 bits per heavy atom. The van der Waals surface area contributed by atoms with Crippen molar-refractivity contribution >= 4 is 17.8 Å². The third-order valence-electron chi connectivity index (χ3n) is 2.37. The predicted octanol–water partition coefficient (Wildman–Crippen LogP) is -0.767. The lowest BCUT2D eigenvalue weighted by Gasteiger charge is -2.21. The van der Waals surface area contributed by atoms with Crippen LogP contribution in [0.25, 0.3) is 0 Å². The summed E-state index contributed by atoms with van der Waals surface area (Å²) in [5.74, 6) is -0.261. The fraction of sp³-hybridized carbons (Fsp3) is 0.636. The quantitative estimate of drug-likeness (QED) is 0.705. The van der Waals surface area contributed by atoms with E-state index in [0.29, 0.717) is 6.54 Å². The smallest absolute Gasteiger partial charge is 0.244 e. The molecule has 1 aromatic heterocycles. The van der Waals surface area contributed by atoms with Crippen LogP contribution in [0.1, 0.15) is 20.8 Å². The van der Waals surface area contributed by atoms with Gasteiger partial charge in [-0.05, 0) is 20.8 Å². The van der Waals surface area contributed by atoms with E-state index in [0.717, 1.165) is 0 Å². The van der Waals surface area contributed by atoms with Gasteiger partial charge in [0.2, 0.25) is 17.8 Å². The molecule has 8 nitrogen and oxygen atoms in total. The predicted molar refractivity (Wildman–Crippen MR) is 70.0 cm³/mol. The van der Waals surface area contributed by atoms with E-state index in [4.69, 9.17) is 5.73 Å². The molecule has 1 rings (SSSR count). The number of anilines is 1. The van der Waals surface area contributed by atoms with Gasteiger partial charge in [0, 0.05) is 12.6 Å². The second-order valence-corrected chi connectivity index (χ2v) is 4.43. The number of carbonyl (C=O) groups is 2. The number of rotatable bonds is 6. The maximum absolute atomic E-state index is 12.0. The molecule has 0 bridgehead atoms. The molecule has 0 atom stereocenters. The zero-order valence-corrected chi connectivity index (χ0v) is 11.5. The summed E-state index contributed by atoms with van der Waals surface area (Å²) in [4.78, 5) is 28.8. The SMILES string of the molecule is CCN(CC(=O)NC(C)C)C(=O)Cn1cnc(N)n1. The molecule has 0 saturated carbocycles. The lowest BCUT2D eigenvalue weighted by molar-refractivity contribution is -0.136. The number of likely N-dealkylation sites (N-methyl/N-ethyl adjacent to an activating group) is 1. The van der Waals surface area contributed by atoms with Gasteiger partial charge in [0.15, 0.2) is 0 Å². The second-order valence-electron chi connectivity index (χ2n) is 4.43. The van der Waals surface area contributed by atoms with Gasteiger partial charge in [0.25, 0.3) is 0 Å². The molecule has 2 amide bonds. The van der Waals surface area contributed by atoms with Gasteiger partial charge < -0.3 is 16.0 Å². The van der Waals surface area contributed by atoms with Crippen molar-refractivity contribution < 1.29 is 9.59 Å². The summed E-state index contributed by atoms with van der Waals surface area (Å²) >= 11 is 0. The van der Waals surface area contributed by atoms with E-state index >= 15 is 0 Å². The Hall–Kier alpha value is -2.12. The molecule has 3 N–H and O–H groups in total. The summed E-state index contributed by atoms with van der Waals surface area (Å²) in [6.07, 6.45) is 1.38. The number of nitrogen functional groups attached to an aromatic ring is 1. The van der Waals surface area contributed by atoms with Crippen molar-refractivity contribution in [1.82, 2.24) is 25.0 Å². The number of nitrogens with one attached hydrogen (secondary N) is 1. The Bertz CT molecular complexity index is 442. The molecule has 0 unspecified atom stereocenters. The topological polar surface area (TPSA) is 106 Å². The van der Waals surface area contributed by atoms with E-state index in [1.54, 1.807) is 0 Å². The lowest BCUT2D eigenvalue weighted by Crippen LogP contribution is -2.43. The highest BCUT2D eigenvalue weighted by atomic mass is 16.2. The average molecular weight is 268 g/mol. The number of amides is 2. The molecule has 0 saturated heterocycles. The highest BCUT2D eigenvalue weighted by Gasteiger charge is 2.16. The van der Waals surface area contributed by atoms with Crippen LogP contribution >= 0.6 is 0 Å². The number of nitrogens with two attached hydrogens (primary N) is 1. The van der Waals surface area contributed by atoms with Crippen molar-refractivity contribution in [2.24, 2.45) is 0 Å². The highest BCUT2D eigenvalue weighted by molar-refractivity contribution is 5.84. The van der Waals surface area contributed by atoms with Crippen LogP contribution in [0.4, 0.5) is 5.95 Å². The normalized spacial score (nSPS) is 10.5. The zero-order chi connectivity index (χ0) is 14.4. The van der Waals surface area contributed by atoms with E-state index in [1.165, 1.54) is 15.9 Å². The Kier molecular flexibility index (Phi) is 5.28. The molecular formula is C11H20N6O2. The zero-order valence-electron chi connectivity index (χ0n) is 11.5. The molecular weight excluding hydrogens is 248 g/mol. The Morgan fingerprint density at radius 3 is 2.68 bits per heavy atom. The summed E-state index contributed by atoms with van der Waals surface area (Å²) in [7, 11) is 0. The highest BCUT2D eigenvalue weighted by Crippen LogP contribution is 1.96. The van der Waals surface area contributed by atoms with Gasteiger partial charge in [-0.25, -0.2) is 9.67 Å². The summed E-state index contributed by atoms with van der Waals surface area (Å²) in [5.41, 5.74) is 5.37. The monoisotopic (exact) mass is 268 g/mol. The van der Waals surface area contributed by atoms with Gasteiger partial charge in [-0.1, -0.05) is 0 Å². The van der Waals surface area contributed by atoms with Crippen LogP contribution in [0, 0.1) is 0 Å². The fourth-order valence-corrected chi connectivity index (χ4v) is 1.54. The minimum Gasteiger partial charge on any atom is -0.367 e. The molecule has 19 heavy (non-hydrogen) atoms. The maximum Gasteiger partial charge on any atom is 0.244 e. The first-order valence-electron chi connectivity index (χ1n) is 6.14. The number of carbonyl (C=O) groups excluding carboxylic acids is 2. The third-order valence-corrected chi connectivity index (χ3v) is 2.37. The third kappa shape index (κ3) is 4.94. The maximum atomic E-state index is 12.0. The van der Waals surface area contributed by atoms with Gasteiger partial charge in [-0.2, -0.15) is 0 Å². The number of aromatic nitrogens is 3. The summed E-state index contributed by atoms with van der Waals surface area (Å²) in [5, 5.41) is 6.57. The molecule has 0 aromatic carbocycles. The molecule has 8 heteroatoms. The minimum absolute atomic E-state index is 0.0208. The number of nitrogens with zero attached hydrogens (tertiary/aromatic N) is 4. The van der Waals surface area contributed by atoms with Crippen LogP contribution in [-0.2, 0) is 16.1 Å². The van der Waals surface area contributed by atoms with Gasteiger partial charge in [0.1, 0.15) is 12.9 Å². The largest absolute Gasteiger partial charge is 0.367 e. The van der Waals surface area contributed by atoms with Crippen molar-refractivity contribution in [2.45, 2.75) is 33.4 Å². The Labute approximate surface area is 112 Å². The first kappa shape index (κ1) is 14.9. The molecule has 1 aromatic rings. The van der Waals surface area contributed by atoms with Crippen LogP contribution in [0.5, 0.6) is 0 Å². The molecule has 1 heterocycles. The molecule has 0 spiro atoms. The first-order chi connectivity index (χ1) is 8.92.